The van der Waals surface area contributed by atoms with Crippen LogP contribution in [0.5, 0.6) is 11.5 Å². The number of benzene rings is 2. The first-order valence-electron chi connectivity index (χ1n) is 11.6. The molecule has 208 valence electrons. The quantitative estimate of drug-likeness (QED) is 0.378. The lowest BCUT2D eigenvalue weighted by Gasteiger charge is -2.31. The van der Waals surface area contributed by atoms with Gasteiger partial charge in [-0.25, -0.2) is 9.37 Å². The lowest BCUT2D eigenvalue weighted by molar-refractivity contribution is -0.265. The summed E-state index contributed by atoms with van der Waals surface area (Å²) in [6.45, 7) is -0.326. The Morgan fingerprint density at radius 2 is 1.90 bits per heavy atom. The summed E-state index contributed by atoms with van der Waals surface area (Å²) in [7, 11) is 1.30. The zero-order valence-electron chi connectivity index (χ0n) is 21.1. The van der Waals surface area contributed by atoms with Gasteiger partial charge in [0.05, 0.1) is 24.9 Å². The number of methoxy groups -OCH3 is 1. The van der Waals surface area contributed by atoms with Crippen LogP contribution in [0.4, 0.5) is 17.6 Å². The molecule has 2 heterocycles. The zero-order valence-corrected chi connectivity index (χ0v) is 21.1. The first-order valence-corrected chi connectivity index (χ1v) is 11.6. The minimum absolute atomic E-state index is 0.0313. The van der Waals surface area contributed by atoms with Crippen molar-refractivity contribution in [3.05, 3.63) is 76.7 Å². The summed E-state index contributed by atoms with van der Waals surface area (Å²) in [5.74, 6) is -2.43. The van der Waals surface area contributed by atoms with Crippen molar-refractivity contribution in [2.75, 3.05) is 20.3 Å². The number of primary amides is 1. The van der Waals surface area contributed by atoms with Crippen LogP contribution in [0.3, 0.4) is 0 Å². The van der Waals surface area contributed by atoms with E-state index in [0.717, 1.165) is 24.3 Å². The number of nitrogens with one attached hydrogen (secondary N) is 1. The summed E-state index contributed by atoms with van der Waals surface area (Å²) < 4.78 is 67.6. The molecule has 4 rings (SSSR count). The molecule has 1 unspecified atom stereocenters. The first-order chi connectivity index (χ1) is 18.7. The van der Waals surface area contributed by atoms with E-state index < -0.39 is 47.1 Å². The molecular formula is C27H22F4N4O5. The Hall–Kier alpha value is -4.70. The Balaban J connectivity index is 1.81. The minimum Gasteiger partial charge on any atom is -0.495 e. The molecule has 0 saturated carbocycles. The molecule has 0 spiro atoms. The highest BCUT2D eigenvalue weighted by molar-refractivity contribution is 5.95. The third-order valence-electron chi connectivity index (χ3n) is 6.71. The second kappa shape index (κ2) is 10.1. The van der Waals surface area contributed by atoms with Crippen molar-refractivity contribution in [3.63, 3.8) is 0 Å². The summed E-state index contributed by atoms with van der Waals surface area (Å²) in [5.41, 5.74) is -1.04. The number of hydrogen-bond acceptors (Lipinski definition) is 7. The molecule has 2 atom stereocenters. The molecule has 9 nitrogen and oxygen atoms in total. The predicted octanol–water partition coefficient (Wildman–Crippen LogP) is 3.08. The number of carbonyl (C=O) groups excluding carboxylic acids is 2. The van der Waals surface area contributed by atoms with Gasteiger partial charge in [-0.05, 0) is 55.5 Å². The van der Waals surface area contributed by atoms with E-state index in [-0.39, 0.29) is 46.1 Å². The standard InChI is InChI=1S/C27H22F4N4O5/c1-25(24(33)37)13-40-22-18(25)10-20(35-21(22)14-3-6-17(28)7-4-14)26(38,27(29,30)31)12-34-23(36)15-5-8-19(39-2)16(9-15)11-32/h3-10,38H,12-13H2,1-2H3,(H2,33,37)(H,34,36)/t25-,26?/m0/s1. The third kappa shape index (κ3) is 4.77. The van der Waals surface area contributed by atoms with Gasteiger partial charge in [0.15, 0.2) is 0 Å². The van der Waals surface area contributed by atoms with Crippen LogP contribution in [0.1, 0.15) is 34.1 Å². The Bertz CT molecular complexity index is 1540. The van der Waals surface area contributed by atoms with Crippen LogP contribution in [-0.2, 0) is 15.8 Å². The van der Waals surface area contributed by atoms with Crippen molar-refractivity contribution in [2.45, 2.75) is 24.1 Å². The highest BCUT2D eigenvalue weighted by atomic mass is 19.4. The molecule has 2 amide bonds. The highest BCUT2D eigenvalue weighted by Gasteiger charge is 2.57. The van der Waals surface area contributed by atoms with Crippen molar-refractivity contribution in [1.82, 2.24) is 10.3 Å². The average molecular weight is 558 g/mol. The normalized spacial score (nSPS) is 17.6. The molecule has 0 saturated heterocycles. The summed E-state index contributed by atoms with van der Waals surface area (Å²) >= 11 is 0. The van der Waals surface area contributed by atoms with Gasteiger partial charge >= 0.3 is 6.18 Å². The smallest absolute Gasteiger partial charge is 0.424 e. The summed E-state index contributed by atoms with van der Waals surface area (Å²) in [5, 5.41) is 22.3. The number of alkyl halides is 3. The van der Waals surface area contributed by atoms with Gasteiger partial charge in [-0.3, -0.25) is 9.59 Å². The average Bonchev–Trinajstić information content (AvgIpc) is 3.28. The number of aliphatic hydroxyl groups is 1. The molecule has 1 aliphatic rings. The number of hydrogen-bond donors (Lipinski definition) is 3. The maximum absolute atomic E-state index is 14.5. The van der Waals surface area contributed by atoms with E-state index >= 15 is 0 Å². The number of nitrogens with zero attached hydrogens (tertiary/aromatic N) is 2. The number of nitrogens with two attached hydrogens (primary N) is 1. The lowest BCUT2D eigenvalue weighted by atomic mass is 9.81. The SMILES string of the molecule is COc1ccc(C(=O)NCC(O)(c2cc3c(c(-c4ccc(F)cc4)n2)OC[C@]3(C)C(N)=O)C(F)(F)F)cc1C#N. The van der Waals surface area contributed by atoms with Crippen molar-refractivity contribution in [2.24, 2.45) is 5.73 Å². The Kier molecular flexibility index (Phi) is 7.16. The molecule has 4 N–H and O–H groups in total. The number of nitriles is 1. The molecule has 13 heteroatoms. The number of rotatable bonds is 7. The lowest BCUT2D eigenvalue weighted by Crippen LogP contribution is -2.51. The molecule has 40 heavy (non-hydrogen) atoms. The fourth-order valence-corrected chi connectivity index (χ4v) is 4.19. The fourth-order valence-electron chi connectivity index (χ4n) is 4.19. The second-order valence-electron chi connectivity index (χ2n) is 9.29. The minimum atomic E-state index is -5.37. The van der Waals surface area contributed by atoms with Crippen LogP contribution < -0.4 is 20.5 Å². The van der Waals surface area contributed by atoms with Crippen LogP contribution in [0, 0.1) is 17.1 Å². The van der Waals surface area contributed by atoms with Gasteiger partial charge in [0, 0.05) is 16.7 Å². The molecular weight excluding hydrogens is 536 g/mol. The molecule has 0 aliphatic carbocycles. The van der Waals surface area contributed by atoms with E-state index in [4.69, 9.17) is 15.2 Å². The number of amides is 2. The summed E-state index contributed by atoms with van der Waals surface area (Å²) in [4.78, 5) is 29.1. The van der Waals surface area contributed by atoms with Crippen LogP contribution in [0.25, 0.3) is 11.3 Å². The molecule has 2 aromatic carbocycles. The zero-order chi connectivity index (χ0) is 29.5. The Morgan fingerprint density at radius 3 is 2.48 bits per heavy atom. The molecule has 1 aliphatic heterocycles. The molecule has 3 aromatic rings. The number of carbonyl (C=O) groups is 2. The summed E-state index contributed by atoms with van der Waals surface area (Å²) in [6, 6.07) is 10.9. The Morgan fingerprint density at radius 1 is 1.23 bits per heavy atom. The monoisotopic (exact) mass is 558 g/mol. The van der Waals surface area contributed by atoms with Crippen molar-refractivity contribution < 1.29 is 41.7 Å². The van der Waals surface area contributed by atoms with Crippen LogP contribution in [-0.4, -0.2) is 48.3 Å². The third-order valence-corrected chi connectivity index (χ3v) is 6.71. The van der Waals surface area contributed by atoms with E-state index in [9.17, 15) is 37.5 Å². The molecule has 0 fully saturated rings. The first kappa shape index (κ1) is 28.3. The van der Waals surface area contributed by atoms with E-state index in [0.29, 0.717) is 0 Å². The van der Waals surface area contributed by atoms with Crippen molar-refractivity contribution >= 4 is 11.8 Å². The van der Waals surface area contributed by atoms with Crippen molar-refractivity contribution in [1.29, 1.82) is 5.26 Å². The largest absolute Gasteiger partial charge is 0.495 e. The van der Waals surface area contributed by atoms with Gasteiger partial charge in [0.25, 0.3) is 5.91 Å². The topological polar surface area (TPSA) is 148 Å². The summed E-state index contributed by atoms with van der Waals surface area (Å²) in [6.07, 6.45) is -5.37. The Labute approximate surface area is 225 Å². The fraction of sp³-hybridized carbons (Fsp3) is 0.259. The number of aromatic nitrogens is 1. The number of pyridine rings is 1. The van der Waals surface area contributed by atoms with Gasteiger partial charge in [-0.1, -0.05) is 0 Å². The van der Waals surface area contributed by atoms with Gasteiger partial charge in [-0.2, -0.15) is 18.4 Å². The second-order valence-corrected chi connectivity index (χ2v) is 9.29. The van der Waals surface area contributed by atoms with Gasteiger partial charge in [0.2, 0.25) is 11.5 Å². The number of halogens is 4. The van der Waals surface area contributed by atoms with Crippen LogP contribution in [0.2, 0.25) is 0 Å². The van der Waals surface area contributed by atoms with E-state index in [1.165, 1.54) is 38.3 Å². The molecule has 1 aromatic heterocycles. The predicted molar refractivity (Wildman–Crippen MR) is 132 cm³/mol. The van der Waals surface area contributed by atoms with E-state index in [1.807, 2.05) is 11.4 Å². The number of ether oxygens (including phenoxy) is 2. The van der Waals surface area contributed by atoms with Crippen LogP contribution in [0.15, 0.2) is 48.5 Å². The number of fused-ring (bicyclic) bond motifs is 1. The molecule has 0 radical (unpaired) electrons. The molecule has 0 bridgehead atoms. The highest BCUT2D eigenvalue weighted by Crippen LogP contribution is 2.47. The van der Waals surface area contributed by atoms with Crippen LogP contribution >= 0.6 is 0 Å². The maximum atomic E-state index is 14.5. The maximum Gasteiger partial charge on any atom is 0.424 e. The van der Waals surface area contributed by atoms with E-state index in [2.05, 4.69) is 4.98 Å². The van der Waals surface area contributed by atoms with Gasteiger partial charge in [0.1, 0.15) is 41.1 Å². The van der Waals surface area contributed by atoms with E-state index in [1.54, 1.807) is 0 Å². The van der Waals surface area contributed by atoms with Gasteiger partial charge < -0.3 is 25.6 Å². The van der Waals surface area contributed by atoms with Gasteiger partial charge in [-0.15, -0.1) is 0 Å². The van der Waals surface area contributed by atoms with Crippen molar-refractivity contribution in [3.8, 4) is 28.8 Å².